The number of hydrogen-bond acceptors (Lipinski definition) is 5. The second-order valence-electron chi connectivity index (χ2n) is 7.19. The summed E-state index contributed by atoms with van der Waals surface area (Å²) < 4.78 is 16.0. The summed E-state index contributed by atoms with van der Waals surface area (Å²) in [4.78, 5) is 7.09. The number of aliphatic imine (C=N–C) groups is 1. The Bertz CT molecular complexity index is 817. The monoisotopic (exact) mass is 412 g/mol. The average molecular weight is 413 g/mol. The van der Waals surface area contributed by atoms with Crippen LogP contribution in [-0.2, 0) is 6.54 Å². The van der Waals surface area contributed by atoms with E-state index in [-0.39, 0.29) is 0 Å². The number of ether oxygens (including phenoxy) is 3. The Labute approximate surface area is 179 Å². The Balaban J connectivity index is 1.62. The van der Waals surface area contributed by atoms with E-state index in [9.17, 15) is 0 Å². The number of guanidine groups is 1. The van der Waals surface area contributed by atoms with Crippen LogP contribution < -0.4 is 29.7 Å². The highest BCUT2D eigenvalue weighted by atomic mass is 16.5. The van der Waals surface area contributed by atoms with E-state index in [0.717, 1.165) is 60.5 Å². The molecule has 1 atom stereocenters. The number of hydrogen-bond donors (Lipinski definition) is 2. The third-order valence-corrected chi connectivity index (χ3v) is 5.15. The van der Waals surface area contributed by atoms with Crippen LogP contribution in [-0.4, -0.2) is 53.0 Å². The molecule has 0 radical (unpaired) electrons. The molecule has 3 rings (SSSR count). The molecule has 30 heavy (non-hydrogen) atoms. The zero-order chi connectivity index (χ0) is 21.3. The maximum absolute atomic E-state index is 5.41. The third-order valence-electron chi connectivity index (χ3n) is 5.15. The Morgan fingerprint density at radius 2 is 1.67 bits per heavy atom. The summed E-state index contributed by atoms with van der Waals surface area (Å²) >= 11 is 0. The van der Waals surface area contributed by atoms with Gasteiger partial charge in [0.1, 0.15) is 17.2 Å². The van der Waals surface area contributed by atoms with Gasteiger partial charge in [-0.15, -0.1) is 0 Å². The Morgan fingerprint density at radius 1 is 1.00 bits per heavy atom. The van der Waals surface area contributed by atoms with Gasteiger partial charge in [0.2, 0.25) is 0 Å². The number of rotatable bonds is 8. The van der Waals surface area contributed by atoms with E-state index in [1.165, 1.54) is 0 Å². The van der Waals surface area contributed by atoms with Gasteiger partial charge in [-0.2, -0.15) is 0 Å². The van der Waals surface area contributed by atoms with Crippen molar-refractivity contribution in [3.63, 3.8) is 0 Å². The van der Waals surface area contributed by atoms with Crippen LogP contribution in [0.25, 0.3) is 0 Å². The summed E-state index contributed by atoms with van der Waals surface area (Å²) in [5.74, 6) is 3.29. The van der Waals surface area contributed by atoms with Gasteiger partial charge in [0.15, 0.2) is 5.96 Å². The van der Waals surface area contributed by atoms with Crippen LogP contribution in [0.5, 0.6) is 17.2 Å². The van der Waals surface area contributed by atoms with Gasteiger partial charge in [-0.1, -0.05) is 12.1 Å². The molecule has 2 aromatic rings. The first-order valence-corrected chi connectivity index (χ1v) is 10.3. The van der Waals surface area contributed by atoms with Crippen molar-refractivity contribution in [3.8, 4) is 17.2 Å². The molecule has 0 bridgehead atoms. The minimum absolute atomic E-state index is 0.316. The van der Waals surface area contributed by atoms with Gasteiger partial charge in [0.05, 0.1) is 27.9 Å². The molecule has 1 saturated heterocycles. The van der Waals surface area contributed by atoms with Gasteiger partial charge >= 0.3 is 0 Å². The van der Waals surface area contributed by atoms with Gasteiger partial charge < -0.3 is 29.7 Å². The molecule has 1 heterocycles. The predicted molar refractivity (Wildman–Crippen MR) is 121 cm³/mol. The van der Waals surface area contributed by atoms with E-state index in [0.29, 0.717) is 12.6 Å². The van der Waals surface area contributed by atoms with Crippen molar-refractivity contribution in [1.29, 1.82) is 0 Å². The summed E-state index contributed by atoms with van der Waals surface area (Å²) in [5, 5.41) is 6.93. The van der Waals surface area contributed by atoms with Gasteiger partial charge in [-0.25, -0.2) is 4.99 Å². The number of methoxy groups -OCH3 is 3. The second kappa shape index (κ2) is 10.6. The Hall–Kier alpha value is -3.09. The summed E-state index contributed by atoms with van der Waals surface area (Å²) in [6.45, 7) is 5.37. The van der Waals surface area contributed by atoms with Crippen molar-refractivity contribution in [2.24, 2.45) is 4.99 Å². The van der Waals surface area contributed by atoms with Crippen molar-refractivity contribution >= 4 is 11.6 Å². The highest BCUT2D eigenvalue weighted by molar-refractivity contribution is 5.80. The fraction of sp³-hybridized carbons (Fsp3) is 0.435. The van der Waals surface area contributed by atoms with Crippen molar-refractivity contribution in [2.75, 3.05) is 45.9 Å². The SMILES string of the molecule is CCNC(=NCc1ccc(OC)cc1)NC1CCN(c2cc(OC)cc(OC)c2)C1. The molecule has 1 unspecified atom stereocenters. The molecular formula is C23H32N4O3. The zero-order valence-corrected chi connectivity index (χ0v) is 18.3. The summed E-state index contributed by atoms with van der Waals surface area (Å²) in [5.41, 5.74) is 2.25. The lowest BCUT2D eigenvalue weighted by Gasteiger charge is -2.21. The molecule has 7 heteroatoms. The molecule has 0 saturated carbocycles. The first-order valence-electron chi connectivity index (χ1n) is 10.3. The quantitative estimate of drug-likeness (QED) is 0.513. The third kappa shape index (κ3) is 5.72. The largest absolute Gasteiger partial charge is 0.497 e. The number of benzene rings is 2. The molecule has 0 aliphatic carbocycles. The highest BCUT2D eigenvalue weighted by Gasteiger charge is 2.24. The van der Waals surface area contributed by atoms with Crippen molar-refractivity contribution in [1.82, 2.24) is 10.6 Å². The summed E-state index contributed by atoms with van der Waals surface area (Å²) in [7, 11) is 5.02. The summed E-state index contributed by atoms with van der Waals surface area (Å²) in [6.07, 6.45) is 1.03. The van der Waals surface area contributed by atoms with Crippen molar-refractivity contribution in [3.05, 3.63) is 48.0 Å². The lowest BCUT2D eigenvalue weighted by atomic mass is 10.2. The van der Waals surface area contributed by atoms with Crippen LogP contribution in [0, 0.1) is 0 Å². The molecule has 2 N–H and O–H groups in total. The fourth-order valence-corrected chi connectivity index (χ4v) is 3.50. The highest BCUT2D eigenvalue weighted by Crippen LogP contribution is 2.30. The molecule has 0 aromatic heterocycles. The van der Waals surface area contributed by atoms with Crippen LogP contribution in [0.2, 0.25) is 0 Å². The van der Waals surface area contributed by atoms with E-state index >= 15 is 0 Å². The van der Waals surface area contributed by atoms with Crippen LogP contribution in [0.4, 0.5) is 5.69 Å². The van der Waals surface area contributed by atoms with E-state index in [4.69, 9.17) is 19.2 Å². The van der Waals surface area contributed by atoms with Crippen LogP contribution in [0.1, 0.15) is 18.9 Å². The van der Waals surface area contributed by atoms with Gasteiger partial charge in [0, 0.05) is 49.6 Å². The Kier molecular flexibility index (Phi) is 7.65. The maximum Gasteiger partial charge on any atom is 0.191 e. The van der Waals surface area contributed by atoms with Crippen molar-refractivity contribution < 1.29 is 14.2 Å². The van der Waals surface area contributed by atoms with E-state index in [1.54, 1.807) is 21.3 Å². The van der Waals surface area contributed by atoms with Gasteiger partial charge in [-0.3, -0.25) is 0 Å². The molecule has 162 valence electrons. The normalized spacial score (nSPS) is 16.3. The minimum atomic E-state index is 0.316. The number of nitrogens with zero attached hydrogens (tertiary/aromatic N) is 2. The predicted octanol–water partition coefficient (Wildman–Crippen LogP) is 3.05. The lowest BCUT2D eigenvalue weighted by molar-refractivity contribution is 0.394. The number of nitrogens with one attached hydrogen (secondary N) is 2. The first kappa shape index (κ1) is 21.6. The minimum Gasteiger partial charge on any atom is -0.497 e. The molecule has 2 aromatic carbocycles. The smallest absolute Gasteiger partial charge is 0.191 e. The molecular weight excluding hydrogens is 380 g/mol. The van der Waals surface area contributed by atoms with Gasteiger partial charge in [0.25, 0.3) is 0 Å². The van der Waals surface area contributed by atoms with Gasteiger partial charge in [-0.05, 0) is 31.0 Å². The standard InChI is InChI=1S/C23H32N4O3/c1-5-24-23(25-15-17-6-8-20(28-2)9-7-17)26-18-10-11-27(16-18)19-12-21(29-3)14-22(13-19)30-4/h6-9,12-14,18H,5,10-11,15-16H2,1-4H3,(H2,24,25,26). The molecule has 0 spiro atoms. The molecule has 1 aliphatic heterocycles. The first-order chi connectivity index (χ1) is 14.6. The van der Waals surface area contributed by atoms with Crippen LogP contribution in [0.15, 0.2) is 47.5 Å². The van der Waals surface area contributed by atoms with E-state index < -0.39 is 0 Å². The van der Waals surface area contributed by atoms with Crippen LogP contribution in [0.3, 0.4) is 0 Å². The topological polar surface area (TPSA) is 67.4 Å². The molecule has 0 amide bonds. The molecule has 1 fully saturated rings. The summed E-state index contributed by atoms with van der Waals surface area (Å²) in [6, 6.07) is 14.3. The molecule has 1 aliphatic rings. The lowest BCUT2D eigenvalue weighted by Crippen LogP contribution is -2.44. The maximum atomic E-state index is 5.41. The van der Waals surface area contributed by atoms with Crippen LogP contribution >= 0.6 is 0 Å². The average Bonchev–Trinajstić information content (AvgIpc) is 3.26. The molecule has 7 nitrogen and oxygen atoms in total. The van der Waals surface area contributed by atoms with E-state index in [1.807, 2.05) is 42.5 Å². The second-order valence-corrected chi connectivity index (χ2v) is 7.19. The Morgan fingerprint density at radius 3 is 2.27 bits per heavy atom. The fourth-order valence-electron chi connectivity index (χ4n) is 3.50. The zero-order valence-electron chi connectivity index (χ0n) is 18.3. The van der Waals surface area contributed by atoms with Crippen molar-refractivity contribution in [2.45, 2.75) is 25.9 Å². The number of anilines is 1. The van der Waals surface area contributed by atoms with E-state index in [2.05, 4.69) is 22.5 Å².